The summed E-state index contributed by atoms with van der Waals surface area (Å²) >= 11 is 3.92. The summed E-state index contributed by atoms with van der Waals surface area (Å²) in [6.07, 6.45) is 0. The largest absolute Gasteiger partial charge is 0.357 e. The van der Waals surface area contributed by atoms with Crippen molar-refractivity contribution in [2.24, 2.45) is 0 Å². The van der Waals surface area contributed by atoms with E-state index in [1.165, 1.54) is 12.1 Å². The smallest absolute Gasteiger partial charge is 0.286 e. The molecule has 0 bridgehead atoms. The van der Waals surface area contributed by atoms with E-state index in [9.17, 15) is 13.6 Å². The highest BCUT2D eigenvalue weighted by atomic mass is 127. The highest BCUT2D eigenvalue weighted by Crippen LogP contribution is 2.28. The molecule has 0 heterocycles. The van der Waals surface area contributed by atoms with E-state index in [0.29, 0.717) is 4.47 Å². The molecule has 0 N–H and O–H groups in total. The molecule has 1 nitrogen and oxygen atoms in total. The highest BCUT2D eigenvalue weighted by Gasteiger charge is 2.35. The van der Waals surface area contributed by atoms with E-state index < -0.39 is 9.71 Å². The molecule has 0 saturated heterocycles. The summed E-state index contributed by atoms with van der Waals surface area (Å²) in [5, 5.41) is 0. The van der Waals surface area contributed by atoms with Gasteiger partial charge in [0.25, 0.3) is 0 Å². The van der Waals surface area contributed by atoms with Crippen molar-refractivity contribution in [3.05, 3.63) is 34.3 Å². The number of hydrogen-bond acceptors (Lipinski definition) is 1. The molecule has 1 rings (SSSR count). The third kappa shape index (κ3) is 2.98. The Morgan fingerprint density at radius 3 is 2.54 bits per heavy atom. The van der Waals surface area contributed by atoms with Crippen LogP contribution in [-0.2, 0) is 0 Å². The van der Waals surface area contributed by atoms with Gasteiger partial charge in [-0.15, -0.1) is 0 Å². The zero-order chi connectivity index (χ0) is 10.1. The zero-order valence-electron chi connectivity index (χ0n) is 6.23. The summed E-state index contributed by atoms with van der Waals surface area (Å²) in [7, 11) is 0. The number of ketones is 1. The van der Waals surface area contributed by atoms with Gasteiger partial charge in [-0.05, 0) is 12.1 Å². The molecular formula is C8H4BrF2IO. The molecule has 0 radical (unpaired) electrons. The molecule has 0 atom stereocenters. The summed E-state index contributed by atoms with van der Waals surface area (Å²) in [5.41, 5.74) is 0.00813. The normalized spacial score (nSPS) is 11.4. The first-order valence-electron chi connectivity index (χ1n) is 3.28. The number of hydrogen-bond donors (Lipinski definition) is 0. The predicted octanol–water partition coefficient (Wildman–Crippen LogP) is 3.66. The number of carbonyl (C=O) groups excluding carboxylic acids is 1. The first kappa shape index (κ1) is 11.0. The van der Waals surface area contributed by atoms with Crippen LogP contribution in [0, 0.1) is 0 Å². The molecule has 13 heavy (non-hydrogen) atoms. The van der Waals surface area contributed by atoms with Crippen LogP contribution >= 0.6 is 38.5 Å². The van der Waals surface area contributed by atoms with Crippen molar-refractivity contribution in [2.75, 3.05) is 0 Å². The van der Waals surface area contributed by atoms with Gasteiger partial charge in [0.1, 0.15) is 0 Å². The van der Waals surface area contributed by atoms with Crippen LogP contribution in [0.1, 0.15) is 10.4 Å². The van der Waals surface area contributed by atoms with Gasteiger partial charge >= 0.3 is 3.93 Å². The van der Waals surface area contributed by atoms with Crippen LogP contribution in [0.2, 0.25) is 0 Å². The van der Waals surface area contributed by atoms with Gasteiger partial charge in [0.2, 0.25) is 5.78 Å². The van der Waals surface area contributed by atoms with Gasteiger partial charge in [0.15, 0.2) is 0 Å². The first-order valence-corrected chi connectivity index (χ1v) is 5.15. The van der Waals surface area contributed by atoms with Crippen LogP contribution in [0.3, 0.4) is 0 Å². The Morgan fingerprint density at radius 2 is 2.08 bits per heavy atom. The lowest BCUT2D eigenvalue weighted by Crippen LogP contribution is -2.20. The van der Waals surface area contributed by atoms with Crippen LogP contribution in [0.25, 0.3) is 0 Å². The average molecular weight is 361 g/mol. The molecule has 70 valence electrons. The Balaban J connectivity index is 3.03. The lowest BCUT2D eigenvalue weighted by atomic mass is 10.1. The second kappa shape index (κ2) is 4.00. The standard InChI is InChI=1S/C8H4BrF2IO/c9-6-3-1-2-5(4-6)7(13)8(10,11)12/h1-4H. The molecule has 0 amide bonds. The lowest BCUT2D eigenvalue weighted by molar-refractivity contribution is 0.0627. The number of alkyl halides is 3. The summed E-state index contributed by atoms with van der Waals surface area (Å²) in [6, 6.07) is 5.94. The summed E-state index contributed by atoms with van der Waals surface area (Å²) in [5.74, 6) is -1.17. The molecule has 0 aromatic heterocycles. The van der Waals surface area contributed by atoms with Crippen LogP contribution in [-0.4, -0.2) is 9.71 Å². The maximum absolute atomic E-state index is 12.6. The fraction of sp³-hybridized carbons (Fsp3) is 0.125. The van der Waals surface area contributed by atoms with E-state index in [1.807, 2.05) is 0 Å². The number of rotatable bonds is 2. The van der Waals surface area contributed by atoms with Crippen molar-refractivity contribution in [3.63, 3.8) is 0 Å². The van der Waals surface area contributed by atoms with E-state index >= 15 is 0 Å². The molecule has 0 aliphatic rings. The van der Waals surface area contributed by atoms with Crippen molar-refractivity contribution < 1.29 is 13.6 Å². The van der Waals surface area contributed by atoms with Gasteiger partial charge in [-0.1, -0.05) is 28.1 Å². The summed E-state index contributed by atoms with van der Waals surface area (Å²) in [4.78, 5) is 11.0. The van der Waals surface area contributed by atoms with E-state index in [0.717, 1.165) is 22.6 Å². The summed E-state index contributed by atoms with van der Waals surface area (Å²) in [6.45, 7) is 0. The average Bonchev–Trinajstić information content (AvgIpc) is 2.01. The Morgan fingerprint density at radius 1 is 1.46 bits per heavy atom. The Hall–Kier alpha value is -0.0400. The number of benzene rings is 1. The topological polar surface area (TPSA) is 17.1 Å². The molecule has 0 fully saturated rings. The first-order chi connectivity index (χ1) is 5.91. The van der Waals surface area contributed by atoms with Crippen LogP contribution in [0.4, 0.5) is 8.78 Å². The van der Waals surface area contributed by atoms with Crippen molar-refractivity contribution >= 4 is 44.3 Å². The minimum Gasteiger partial charge on any atom is -0.286 e. The summed E-state index contributed by atoms with van der Waals surface area (Å²) < 4.78 is 22.4. The van der Waals surface area contributed by atoms with Gasteiger partial charge in [-0.25, -0.2) is 0 Å². The second-order valence-corrected chi connectivity index (χ2v) is 4.61. The van der Waals surface area contributed by atoms with Crippen molar-refractivity contribution in [3.8, 4) is 0 Å². The third-order valence-electron chi connectivity index (χ3n) is 1.34. The SMILES string of the molecule is O=C(c1cccc(Br)c1)C(F)(F)I. The molecule has 1 aromatic carbocycles. The van der Waals surface area contributed by atoms with Crippen molar-refractivity contribution in [1.29, 1.82) is 0 Å². The second-order valence-electron chi connectivity index (χ2n) is 2.34. The minimum absolute atomic E-state index is 0.00813. The Kier molecular flexibility index (Phi) is 3.39. The lowest BCUT2D eigenvalue weighted by Gasteiger charge is -2.06. The fourth-order valence-corrected chi connectivity index (χ4v) is 1.50. The molecule has 5 heteroatoms. The molecule has 0 saturated carbocycles. The highest BCUT2D eigenvalue weighted by molar-refractivity contribution is 14.1. The Labute approximate surface area is 95.8 Å². The van der Waals surface area contributed by atoms with Crippen molar-refractivity contribution in [2.45, 2.75) is 3.93 Å². The van der Waals surface area contributed by atoms with Gasteiger partial charge in [-0.2, -0.15) is 8.78 Å². The monoisotopic (exact) mass is 360 g/mol. The molecule has 0 spiro atoms. The molecule has 0 aliphatic carbocycles. The van der Waals surface area contributed by atoms with Crippen molar-refractivity contribution in [1.82, 2.24) is 0 Å². The minimum atomic E-state index is -3.33. The zero-order valence-corrected chi connectivity index (χ0v) is 9.97. The molecule has 0 unspecified atom stereocenters. The van der Waals surface area contributed by atoms with E-state index in [4.69, 9.17) is 0 Å². The Bertz CT molecular complexity index is 335. The quantitative estimate of drug-likeness (QED) is 0.447. The van der Waals surface area contributed by atoms with Gasteiger partial charge in [0.05, 0.1) is 0 Å². The molecular weight excluding hydrogens is 357 g/mol. The molecule has 1 aromatic rings. The van der Waals surface area contributed by atoms with Crippen LogP contribution in [0.5, 0.6) is 0 Å². The van der Waals surface area contributed by atoms with Gasteiger partial charge < -0.3 is 0 Å². The predicted molar refractivity (Wildman–Crippen MR) is 57.4 cm³/mol. The number of halogens is 4. The van der Waals surface area contributed by atoms with Gasteiger partial charge in [-0.3, -0.25) is 4.79 Å². The number of Topliss-reactive ketones (excluding diaryl/α,β-unsaturated/α-hetero) is 1. The van der Waals surface area contributed by atoms with Crippen LogP contribution in [0.15, 0.2) is 28.7 Å². The molecule has 0 aliphatic heterocycles. The fourth-order valence-electron chi connectivity index (χ4n) is 0.793. The maximum Gasteiger partial charge on any atom is 0.357 e. The van der Waals surface area contributed by atoms with E-state index in [1.54, 1.807) is 12.1 Å². The van der Waals surface area contributed by atoms with Gasteiger partial charge in [0, 0.05) is 32.6 Å². The third-order valence-corrected chi connectivity index (χ3v) is 2.33. The maximum atomic E-state index is 12.6. The van der Waals surface area contributed by atoms with Crippen LogP contribution < -0.4 is 0 Å². The van der Waals surface area contributed by atoms with E-state index in [2.05, 4.69) is 15.9 Å². The van der Waals surface area contributed by atoms with E-state index in [-0.39, 0.29) is 5.56 Å². The number of carbonyl (C=O) groups is 1.